The summed E-state index contributed by atoms with van der Waals surface area (Å²) in [6.45, 7) is 5.44. The normalized spacial score (nSPS) is 17.3. The van der Waals surface area contributed by atoms with E-state index in [0.29, 0.717) is 19.6 Å². The van der Waals surface area contributed by atoms with Gasteiger partial charge in [0.1, 0.15) is 5.01 Å². The van der Waals surface area contributed by atoms with Crippen LogP contribution in [0.15, 0.2) is 29.6 Å². The van der Waals surface area contributed by atoms with Crippen LogP contribution in [0.4, 0.5) is 0 Å². The van der Waals surface area contributed by atoms with Crippen molar-refractivity contribution in [1.29, 1.82) is 0 Å². The van der Waals surface area contributed by atoms with E-state index in [9.17, 15) is 9.59 Å². The summed E-state index contributed by atoms with van der Waals surface area (Å²) in [7, 11) is 0. The summed E-state index contributed by atoms with van der Waals surface area (Å²) >= 11 is 1.53. The number of carbonyl (C=O) groups is 2. The maximum Gasteiger partial charge on any atom is 0.225 e. The van der Waals surface area contributed by atoms with Crippen LogP contribution in [0.3, 0.4) is 0 Å². The Morgan fingerprint density at radius 1 is 1.33 bits per heavy atom. The lowest BCUT2D eigenvalue weighted by molar-refractivity contribution is -0.129. The molecule has 3 rings (SSSR count). The molecular formula is C18H21N3O2S. The zero-order chi connectivity index (χ0) is 17.1. The highest BCUT2D eigenvalue weighted by molar-refractivity contribution is 7.09. The van der Waals surface area contributed by atoms with Gasteiger partial charge >= 0.3 is 0 Å². The van der Waals surface area contributed by atoms with Gasteiger partial charge in [-0.15, -0.1) is 11.3 Å². The Bertz CT molecular complexity index is 739. The first-order chi connectivity index (χ1) is 11.5. The van der Waals surface area contributed by atoms with Crippen molar-refractivity contribution in [2.24, 2.45) is 5.92 Å². The third-order valence-electron chi connectivity index (χ3n) is 4.16. The Morgan fingerprint density at radius 2 is 2.08 bits per heavy atom. The molecule has 6 heteroatoms. The highest BCUT2D eigenvalue weighted by Gasteiger charge is 2.34. The van der Waals surface area contributed by atoms with Crippen molar-refractivity contribution in [3.63, 3.8) is 0 Å². The minimum atomic E-state index is -0.274. The van der Waals surface area contributed by atoms with Crippen molar-refractivity contribution in [2.45, 2.75) is 33.4 Å². The van der Waals surface area contributed by atoms with Crippen LogP contribution in [0.2, 0.25) is 0 Å². The number of aryl methyl sites for hydroxylation is 2. The van der Waals surface area contributed by atoms with Crippen LogP contribution in [0, 0.1) is 19.8 Å². The number of carbonyl (C=O) groups excluding carboxylic acids is 2. The number of nitrogens with one attached hydrogen (secondary N) is 1. The average Bonchev–Trinajstić information content (AvgIpc) is 3.13. The van der Waals surface area contributed by atoms with Crippen molar-refractivity contribution in [3.8, 4) is 0 Å². The van der Waals surface area contributed by atoms with E-state index in [4.69, 9.17) is 0 Å². The number of rotatable bonds is 5. The first kappa shape index (κ1) is 16.6. The van der Waals surface area contributed by atoms with Crippen LogP contribution in [-0.4, -0.2) is 28.2 Å². The lowest BCUT2D eigenvalue weighted by Crippen LogP contribution is -2.32. The molecule has 1 aromatic carbocycles. The van der Waals surface area contributed by atoms with Gasteiger partial charge in [-0.05, 0) is 19.4 Å². The van der Waals surface area contributed by atoms with Crippen molar-refractivity contribution in [1.82, 2.24) is 15.2 Å². The minimum absolute atomic E-state index is 0.0424. The van der Waals surface area contributed by atoms with Gasteiger partial charge in [0, 0.05) is 30.6 Å². The molecular weight excluding hydrogens is 322 g/mol. The summed E-state index contributed by atoms with van der Waals surface area (Å²) in [5, 5.41) is 5.75. The topological polar surface area (TPSA) is 62.3 Å². The number of thiazole rings is 1. The SMILES string of the molecule is Cc1ccc(CN2CC(C(=O)NCc3nc(C)cs3)CC2=O)cc1. The molecule has 2 amide bonds. The number of amides is 2. The molecule has 1 N–H and O–H groups in total. The molecule has 1 saturated heterocycles. The van der Waals surface area contributed by atoms with Gasteiger partial charge in [-0.2, -0.15) is 0 Å². The average molecular weight is 343 g/mol. The fourth-order valence-electron chi connectivity index (χ4n) is 2.81. The molecule has 0 spiro atoms. The largest absolute Gasteiger partial charge is 0.349 e. The second-order valence-electron chi connectivity index (χ2n) is 6.26. The highest BCUT2D eigenvalue weighted by Crippen LogP contribution is 2.21. The van der Waals surface area contributed by atoms with Crippen molar-refractivity contribution in [3.05, 3.63) is 51.5 Å². The molecule has 1 aliphatic rings. The summed E-state index contributed by atoms with van der Waals surface area (Å²) in [6.07, 6.45) is 0.286. The van der Waals surface area contributed by atoms with Crippen molar-refractivity contribution < 1.29 is 9.59 Å². The number of hydrogen-bond acceptors (Lipinski definition) is 4. The Kier molecular flexibility index (Phi) is 4.94. The van der Waals surface area contributed by atoms with E-state index >= 15 is 0 Å². The summed E-state index contributed by atoms with van der Waals surface area (Å²) in [4.78, 5) is 30.6. The van der Waals surface area contributed by atoms with Gasteiger partial charge < -0.3 is 10.2 Å². The Morgan fingerprint density at radius 3 is 2.75 bits per heavy atom. The Balaban J connectivity index is 1.53. The first-order valence-corrected chi connectivity index (χ1v) is 8.91. The highest BCUT2D eigenvalue weighted by atomic mass is 32.1. The summed E-state index contributed by atoms with van der Waals surface area (Å²) in [6, 6.07) is 8.13. The number of aromatic nitrogens is 1. The second kappa shape index (κ2) is 7.13. The standard InChI is InChI=1S/C18H21N3O2S/c1-12-3-5-14(6-4-12)9-21-10-15(7-17(21)22)18(23)19-8-16-20-13(2)11-24-16/h3-6,11,15H,7-10H2,1-2H3,(H,19,23). The van der Waals surface area contributed by atoms with Gasteiger partial charge in [0.05, 0.1) is 12.5 Å². The number of likely N-dealkylation sites (tertiary alicyclic amines) is 1. The van der Waals surface area contributed by atoms with E-state index in [-0.39, 0.29) is 24.2 Å². The third kappa shape index (κ3) is 4.00. The number of benzene rings is 1. The zero-order valence-electron chi connectivity index (χ0n) is 13.9. The molecule has 0 saturated carbocycles. The summed E-state index contributed by atoms with van der Waals surface area (Å²) < 4.78 is 0. The molecule has 0 radical (unpaired) electrons. The molecule has 1 aromatic heterocycles. The van der Waals surface area contributed by atoms with Gasteiger partial charge in [-0.3, -0.25) is 9.59 Å². The predicted octanol–water partition coefficient (Wildman–Crippen LogP) is 2.42. The smallest absolute Gasteiger partial charge is 0.225 e. The van der Waals surface area contributed by atoms with E-state index in [2.05, 4.69) is 10.3 Å². The monoisotopic (exact) mass is 343 g/mol. The first-order valence-electron chi connectivity index (χ1n) is 8.03. The molecule has 2 heterocycles. The molecule has 1 aliphatic heterocycles. The van der Waals surface area contributed by atoms with Gasteiger partial charge in [0.2, 0.25) is 11.8 Å². The number of nitrogens with zero attached hydrogens (tertiary/aromatic N) is 2. The minimum Gasteiger partial charge on any atom is -0.349 e. The van der Waals surface area contributed by atoms with Crippen LogP contribution in [-0.2, 0) is 22.7 Å². The molecule has 0 bridgehead atoms. The third-order valence-corrected chi connectivity index (χ3v) is 5.13. The molecule has 1 fully saturated rings. The Labute approximate surface area is 145 Å². The second-order valence-corrected chi connectivity index (χ2v) is 7.20. The number of hydrogen-bond donors (Lipinski definition) is 1. The lowest BCUT2D eigenvalue weighted by Gasteiger charge is -2.16. The predicted molar refractivity (Wildman–Crippen MR) is 93.4 cm³/mol. The zero-order valence-corrected chi connectivity index (χ0v) is 14.7. The molecule has 24 heavy (non-hydrogen) atoms. The lowest BCUT2D eigenvalue weighted by atomic mass is 10.1. The van der Waals surface area contributed by atoms with E-state index in [1.165, 1.54) is 16.9 Å². The van der Waals surface area contributed by atoms with Crippen LogP contribution in [0.1, 0.15) is 28.2 Å². The van der Waals surface area contributed by atoms with Crippen LogP contribution in [0.5, 0.6) is 0 Å². The molecule has 2 aromatic rings. The van der Waals surface area contributed by atoms with Crippen LogP contribution < -0.4 is 5.32 Å². The van der Waals surface area contributed by atoms with Crippen molar-refractivity contribution >= 4 is 23.2 Å². The summed E-state index contributed by atoms with van der Waals surface area (Å²) in [5.41, 5.74) is 3.25. The van der Waals surface area contributed by atoms with Gasteiger partial charge in [0.25, 0.3) is 0 Å². The fraction of sp³-hybridized carbons (Fsp3) is 0.389. The van der Waals surface area contributed by atoms with Gasteiger partial charge in [0.15, 0.2) is 0 Å². The van der Waals surface area contributed by atoms with E-state index in [1.807, 2.05) is 43.5 Å². The molecule has 1 unspecified atom stereocenters. The van der Waals surface area contributed by atoms with E-state index in [1.54, 1.807) is 4.90 Å². The fourth-order valence-corrected chi connectivity index (χ4v) is 3.52. The summed E-state index contributed by atoms with van der Waals surface area (Å²) in [5.74, 6) is -0.299. The van der Waals surface area contributed by atoms with Crippen molar-refractivity contribution in [2.75, 3.05) is 6.54 Å². The van der Waals surface area contributed by atoms with E-state index < -0.39 is 0 Å². The maximum atomic E-state index is 12.3. The van der Waals surface area contributed by atoms with Gasteiger partial charge in [-0.1, -0.05) is 29.8 Å². The van der Waals surface area contributed by atoms with Crippen LogP contribution >= 0.6 is 11.3 Å². The quantitative estimate of drug-likeness (QED) is 0.907. The van der Waals surface area contributed by atoms with Gasteiger partial charge in [-0.25, -0.2) is 4.98 Å². The molecule has 5 nitrogen and oxygen atoms in total. The molecule has 1 atom stereocenters. The van der Waals surface area contributed by atoms with E-state index in [0.717, 1.165) is 16.3 Å². The van der Waals surface area contributed by atoms with Crippen LogP contribution in [0.25, 0.3) is 0 Å². The maximum absolute atomic E-state index is 12.3. The molecule has 126 valence electrons. The Hall–Kier alpha value is -2.21. The molecule has 0 aliphatic carbocycles.